The van der Waals surface area contributed by atoms with Crippen LogP contribution >= 0.6 is 11.3 Å². The van der Waals surface area contributed by atoms with E-state index < -0.39 is 0 Å². The standard InChI is InChI=1S/C17H19NOS/c1-3-17(2)11-13-7-4-5-8-14(13)12-18(17)16(19)15-9-6-10-20-15/h4-10H,3,11-12H2,1-2H3. The van der Waals surface area contributed by atoms with Gasteiger partial charge in [-0.15, -0.1) is 11.3 Å². The largest absolute Gasteiger partial charge is 0.328 e. The molecule has 0 radical (unpaired) electrons. The Kier molecular flexibility index (Phi) is 3.38. The van der Waals surface area contributed by atoms with Crippen molar-refractivity contribution in [3.05, 3.63) is 57.8 Å². The van der Waals surface area contributed by atoms with Gasteiger partial charge in [0, 0.05) is 12.1 Å². The van der Waals surface area contributed by atoms with Gasteiger partial charge in [0.05, 0.1) is 4.88 Å². The number of hydrogen-bond donors (Lipinski definition) is 0. The van der Waals surface area contributed by atoms with Crippen molar-refractivity contribution in [1.82, 2.24) is 4.90 Å². The minimum atomic E-state index is -0.0879. The molecule has 1 atom stereocenters. The van der Waals surface area contributed by atoms with Crippen LogP contribution < -0.4 is 0 Å². The summed E-state index contributed by atoms with van der Waals surface area (Å²) in [5.74, 6) is 0.166. The van der Waals surface area contributed by atoms with Gasteiger partial charge in [0.25, 0.3) is 5.91 Å². The van der Waals surface area contributed by atoms with Gasteiger partial charge in [-0.25, -0.2) is 0 Å². The molecule has 0 fully saturated rings. The van der Waals surface area contributed by atoms with Crippen molar-refractivity contribution in [2.24, 2.45) is 0 Å². The average molecular weight is 285 g/mol. The minimum absolute atomic E-state index is 0.0879. The monoisotopic (exact) mass is 285 g/mol. The van der Waals surface area contributed by atoms with Gasteiger partial charge >= 0.3 is 0 Å². The Morgan fingerprint density at radius 3 is 2.65 bits per heavy atom. The number of benzene rings is 1. The van der Waals surface area contributed by atoms with Crippen LogP contribution in [-0.4, -0.2) is 16.3 Å². The first-order chi connectivity index (χ1) is 9.64. The van der Waals surface area contributed by atoms with Gasteiger partial charge in [-0.1, -0.05) is 37.3 Å². The van der Waals surface area contributed by atoms with Crippen LogP contribution in [0.4, 0.5) is 0 Å². The van der Waals surface area contributed by atoms with E-state index >= 15 is 0 Å². The van der Waals surface area contributed by atoms with E-state index in [4.69, 9.17) is 0 Å². The molecule has 2 nitrogen and oxygen atoms in total. The molecule has 1 aliphatic heterocycles. The third kappa shape index (κ3) is 2.16. The molecule has 1 aliphatic rings. The number of rotatable bonds is 2. The van der Waals surface area contributed by atoms with Crippen LogP contribution in [0.1, 0.15) is 41.1 Å². The van der Waals surface area contributed by atoms with Gasteiger partial charge in [-0.3, -0.25) is 4.79 Å². The number of nitrogens with zero attached hydrogens (tertiary/aromatic N) is 1. The third-order valence-corrected chi connectivity index (χ3v) is 5.27. The number of hydrogen-bond acceptors (Lipinski definition) is 2. The number of fused-ring (bicyclic) bond motifs is 1. The van der Waals surface area contributed by atoms with Gasteiger partial charge in [-0.05, 0) is 42.3 Å². The molecule has 0 bridgehead atoms. The maximum atomic E-state index is 12.8. The second-order valence-electron chi connectivity index (χ2n) is 5.66. The minimum Gasteiger partial charge on any atom is -0.328 e. The van der Waals surface area contributed by atoms with Crippen molar-refractivity contribution in [1.29, 1.82) is 0 Å². The van der Waals surface area contributed by atoms with Crippen LogP contribution in [0.25, 0.3) is 0 Å². The fourth-order valence-electron chi connectivity index (χ4n) is 2.92. The molecule has 0 saturated heterocycles. The Balaban J connectivity index is 1.99. The highest BCUT2D eigenvalue weighted by Gasteiger charge is 2.38. The molecule has 3 rings (SSSR count). The van der Waals surface area contributed by atoms with E-state index in [1.165, 1.54) is 22.5 Å². The van der Waals surface area contributed by atoms with Gasteiger partial charge in [0.15, 0.2) is 0 Å². The van der Waals surface area contributed by atoms with E-state index in [0.29, 0.717) is 0 Å². The van der Waals surface area contributed by atoms with E-state index in [2.05, 4.69) is 43.0 Å². The van der Waals surface area contributed by atoms with Gasteiger partial charge in [0.2, 0.25) is 0 Å². The second kappa shape index (κ2) is 5.06. The highest BCUT2D eigenvalue weighted by molar-refractivity contribution is 7.12. The fourth-order valence-corrected chi connectivity index (χ4v) is 3.59. The quantitative estimate of drug-likeness (QED) is 0.813. The van der Waals surface area contributed by atoms with Gasteiger partial charge in [-0.2, -0.15) is 0 Å². The van der Waals surface area contributed by atoms with Crippen LogP contribution in [0.2, 0.25) is 0 Å². The first kappa shape index (κ1) is 13.4. The Morgan fingerprint density at radius 2 is 2.00 bits per heavy atom. The second-order valence-corrected chi connectivity index (χ2v) is 6.61. The maximum Gasteiger partial charge on any atom is 0.264 e. The first-order valence-corrected chi connectivity index (χ1v) is 7.94. The highest BCUT2D eigenvalue weighted by Crippen LogP contribution is 2.34. The molecular formula is C17H19NOS. The molecule has 2 aromatic rings. The van der Waals surface area contributed by atoms with Gasteiger partial charge < -0.3 is 4.90 Å². The molecule has 1 aromatic carbocycles. The molecule has 20 heavy (non-hydrogen) atoms. The Hall–Kier alpha value is -1.61. The van der Waals surface area contributed by atoms with E-state index in [1.807, 2.05) is 17.5 Å². The van der Waals surface area contributed by atoms with Crippen molar-refractivity contribution in [3.8, 4) is 0 Å². The number of thiophene rings is 1. The van der Waals surface area contributed by atoms with Crippen molar-refractivity contribution in [3.63, 3.8) is 0 Å². The summed E-state index contributed by atoms with van der Waals surface area (Å²) >= 11 is 1.53. The lowest BCUT2D eigenvalue weighted by Gasteiger charge is -2.45. The van der Waals surface area contributed by atoms with Crippen molar-refractivity contribution >= 4 is 17.2 Å². The SMILES string of the molecule is CCC1(C)Cc2ccccc2CN1C(=O)c1cccs1. The molecule has 0 saturated carbocycles. The van der Waals surface area contributed by atoms with E-state index in [0.717, 1.165) is 24.3 Å². The summed E-state index contributed by atoms with van der Waals surface area (Å²) in [7, 11) is 0. The molecular weight excluding hydrogens is 266 g/mol. The van der Waals surface area contributed by atoms with E-state index in [9.17, 15) is 4.79 Å². The number of carbonyl (C=O) groups is 1. The average Bonchev–Trinajstić information content (AvgIpc) is 3.00. The zero-order chi connectivity index (χ0) is 14.2. The smallest absolute Gasteiger partial charge is 0.264 e. The molecule has 0 aliphatic carbocycles. The van der Waals surface area contributed by atoms with Crippen molar-refractivity contribution < 1.29 is 4.79 Å². The molecule has 2 heterocycles. The van der Waals surface area contributed by atoms with Crippen molar-refractivity contribution in [2.45, 2.75) is 38.8 Å². The molecule has 0 spiro atoms. The molecule has 1 amide bonds. The Bertz CT molecular complexity index is 620. The van der Waals surface area contributed by atoms with Crippen LogP contribution in [0.15, 0.2) is 41.8 Å². The lowest BCUT2D eigenvalue weighted by atomic mass is 9.82. The van der Waals surface area contributed by atoms with Gasteiger partial charge in [0.1, 0.15) is 0 Å². The number of amides is 1. The molecule has 1 aromatic heterocycles. The summed E-state index contributed by atoms with van der Waals surface area (Å²) in [6.07, 6.45) is 1.91. The lowest BCUT2D eigenvalue weighted by Crippen LogP contribution is -2.52. The topological polar surface area (TPSA) is 20.3 Å². The van der Waals surface area contributed by atoms with Crippen LogP contribution in [0.5, 0.6) is 0 Å². The maximum absolute atomic E-state index is 12.8. The summed E-state index contributed by atoms with van der Waals surface area (Å²) < 4.78 is 0. The predicted octanol–water partition coefficient (Wildman–Crippen LogP) is 4.12. The van der Waals surface area contributed by atoms with Crippen LogP contribution in [0.3, 0.4) is 0 Å². The van der Waals surface area contributed by atoms with Crippen LogP contribution in [0, 0.1) is 0 Å². The summed E-state index contributed by atoms with van der Waals surface area (Å²) in [5, 5.41) is 1.97. The number of carbonyl (C=O) groups excluding carboxylic acids is 1. The first-order valence-electron chi connectivity index (χ1n) is 7.06. The van der Waals surface area contributed by atoms with E-state index in [-0.39, 0.29) is 11.4 Å². The zero-order valence-corrected chi connectivity index (χ0v) is 12.7. The molecule has 3 heteroatoms. The fraction of sp³-hybridized carbons (Fsp3) is 0.353. The molecule has 104 valence electrons. The molecule has 0 N–H and O–H groups in total. The highest BCUT2D eigenvalue weighted by atomic mass is 32.1. The summed E-state index contributed by atoms with van der Waals surface area (Å²) in [4.78, 5) is 15.7. The Labute approximate surface area is 124 Å². The van der Waals surface area contributed by atoms with Crippen molar-refractivity contribution in [2.75, 3.05) is 0 Å². The lowest BCUT2D eigenvalue weighted by molar-refractivity contribution is 0.0434. The van der Waals surface area contributed by atoms with Crippen LogP contribution in [-0.2, 0) is 13.0 Å². The summed E-state index contributed by atoms with van der Waals surface area (Å²) in [5.41, 5.74) is 2.57. The van der Waals surface area contributed by atoms with E-state index in [1.54, 1.807) is 0 Å². The third-order valence-electron chi connectivity index (χ3n) is 4.41. The predicted molar refractivity (Wildman–Crippen MR) is 83.0 cm³/mol. The zero-order valence-electron chi connectivity index (χ0n) is 11.9. The summed E-state index contributed by atoms with van der Waals surface area (Å²) in [6.45, 7) is 5.09. The Morgan fingerprint density at radius 1 is 1.25 bits per heavy atom. The molecule has 1 unspecified atom stereocenters. The summed E-state index contributed by atoms with van der Waals surface area (Å²) in [6, 6.07) is 12.3. The normalized spacial score (nSPS) is 21.6.